The molecule has 1 atom stereocenters. The highest BCUT2D eigenvalue weighted by Gasteiger charge is 2.04. The molecule has 0 aromatic heterocycles. The quantitative estimate of drug-likeness (QED) is 0.709. The summed E-state index contributed by atoms with van der Waals surface area (Å²) in [6.07, 6.45) is 0. The zero-order valence-electron chi connectivity index (χ0n) is 9.50. The largest absolute Gasteiger partial charge is 0.497 e. The van der Waals surface area contributed by atoms with E-state index in [0.29, 0.717) is 5.92 Å². The second kappa shape index (κ2) is 7.46. The van der Waals surface area contributed by atoms with Crippen molar-refractivity contribution in [1.29, 1.82) is 0 Å². The minimum Gasteiger partial charge on any atom is -0.497 e. The third-order valence-corrected chi connectivity index (χ3v) is 4.80. The molecule has 0 aliphatic carbocycles. The highest BCUT2D eigenvalue weighted by molar-refractivity contribution is 9.10. The summed E-state index contributed by atoms with van der Waals surface area (Å²) in [7, 11) is 1.69. The van der Waals surface area contributed by atoms with Crippen LogP contribution in [-0.2, 0) is 5.75 Å². The van der Waals surface area contributed by atoms with E-state index in [4.69, 9.17) is 16.3 Å². The molecular weight excluding hydrogens is 308 g/mol. The monoisotopic (exact) mass is 322 g/mol. The minimum absolute atomic E-state index is 0.566. The first-order valence-electron chi connectivity index (χ1n) is 5.13. The fourth-order valence-corrected chi connectivity index (χ4v) is 3.11. The maximum Gasteiger partial charge on any atom is 0.119 e. The van der Waals surface area contributed by atoms with E-state index in [0.717, 1.165) is 27.6 Å². The third-order valence-electron chi connectivity index (χ3n) is 2.18. The summed E-state index contributed by atoms with van der Waals surface area (Å²) in [6, 6.07) is 6.06. The summed E-state index contributed by atoms with van der Waals surface area (Å²) in [6.45, 7) is 2.17. The first kappa shape index (κ1) is 14.2. The van der Waals surface area contributed by atoms with Crippen molar-refractivity contribution in [2.24, 2.45) is 5.92 Å². The second-order valence-corrected chi connectivity index (χ2v) is 5.93. The van der Waals surface area contributed by atoms with Crippen LogP contribution in [0.4, 0.5) is 0 Å². The Morgan fingerprint density at radius 2 is 2.25 bits per heavy atom. The molecule has 0 radical (unpaired) electrons. The minimum atomic E-state index is 0.566. The molecule has 4 heteroatoms. The van der Waals surface area contributed by atoms with E-state index in [-0.39, 0.29) is 0 Å². The molecule has 0 amide bonds. The van der Waals surface area contributed by atoms with Gasteiger partial charge in [-0.05, 0) is 35.4 Å². The van der Waals surface area contributed by atoms with Gasteiger partial charge < -0.3 is 4.74 Å². The molecule has 1 unspecified atom stereocenters. The van der Waals surface area contributed by atoms with Crippen LogP contribution >= 0.6 is 39.3 Å². The zero-order chi connectivity index (χ0) is 12.0. The predicted molar refractivity (Wildman–Crippen MR) is 76.7 cm³/mol. The zero-order valence-corrected chi connectivity index (χ0v) is 12.7. The van der Waals surface area contributed by atoms with Crippen LogP contribution in [0.1, 0.15) is 12.5 Å². The number of methoxy groups -OCH3 is 1. The highest BCUT2D eigenvalue weighted by Crippen LogP contribution is 2.26. The predicted octanol–water partition coefficient (Wildman–Crippen LogP) is 4.57. The molecule has 0 saturated carbocycles. The summed E-state index contributed by atoms with van der Waals surface area (Å²) in [4.78, 5) is 0. The first-order valence-corrected chi connectivity index (χ1v) is 7.61. The lowest BCUT2D eigenvalue weighted by Gasteiger charge is -2.09. The van der Waals surface area contributed by atoms with Crippen LogP contribution < -0.4 is 4.74 Å². The topological polar surface area (TPSA) is 9.23 Å². The number of ether oxygens (including phenoxy) is 1. The fraction of sp³-hybridized carbons (Fsp3) is 0.500. The lowest BCUT2D eigenvalue weighted by atomic mass is 10.2. The Hall–Kier alpha value is 0.140. The SMILES string of the molecule is COc1ccc(Br)c(CSCC(C)CCl)c1. The molecule has 0 aliphatic rings. The molecule has 0 bridgehead atoms. The standard InChI is InChI=1S/C12H16BrClOS/c1-9(6-14)7-16-8-10-5-11(15-2)3-4-12(10)13/h3-5,9H,6-8H2,1-2H3. The number of benzene rings is 1. The molecule has 0 aliphatic heterocycles. The Kier molecular flexibility index (Phi) is 6.62. The van der Waals surface area contributed by atoms with E-state index in [1.54, 1.807) is 7.11 Å². The molecule has 0 spiro atoms. The molecular formula is C12H16BrClOS. The van der Waals surface area contributed by atoms with Gasteiger partial charge in [0.05, 0.1) is 7.11 Å². The molecule has 1 rings (SSSR count). The van der Waals surface area contributed by atoms with Crippen LogP contribution in [0.3, 0.4) is 0 Å². The Labute approximate surface area is 115 Å². The van der Waals surface area contributed by atoms with Crippen LogP contribution in [0.25, 0.3) is 0 Å². The smallest absolute Gasteiger partial charge is 0.119 e. The van der Waals surface area contributed by atoms with Crippen LogP contribution in [0, 0.1) is 5.92 Å². The van der Waals surface area contributed by atoms with Gasteiger partial charge in [0, 0.05) is 16.1 Å². The van der Waals surface area contributed by atoms with Gasteiger partial charge in [0.15, 0.2) is 0 Å². The van der Waals surface area contributed by atoms with Gasteiger partial charge in [0.1, 0.15) is 5.75 Å². The van der Waals surface area contributed by atoms with Crippen LogP contribution in [0.5, 0.6) is 5.75 Å². The number of halogens is 2. The van der Waals surface area contributed by atoms with Crippen molar-refractivity contribution >= 4 is 39.3 Å². The van der Waals surface area contributed by atoms with Crippen LogP contribution in [0.15, 0.2) is 22.7 Å². The first-order chi connectivity index (χ1) is 7.67. The van der Waals surface area contributed by atoms with E-state index in [9.17, 15) is 0 Å². The van der Waals surface area contributed by atoms with Gasteiger partial charge in [-0.15, -0.1) is 11.6 Å². The van der Waals surface area contributed by atoms with E-state index >= 15 is 0 Å². The molecule has 1 nitrogen and oxygen atoms in total. The van der Waals surface area contributed by atoms with Crippen molar-refractivity contribution in [2.75, 3.05) is 18.7 Å². The highest BCUT2D eigenvalue weighted by atomic mass is 79.9. The second-order valence-electron chi connectivity index (χ2n) is 3.73. The van der Waals surface area contributed by atoms with Crippen molar-refractivity contribution in [2.45, 2.75) is 12.7 Å². The van der Waals surface area contributed by atoms with Gasteiger partial charge in [0.25, 0.3) is 0 Å². The van der Waals surface area contributed by atoms with Crippen molar-refractivity contribution in [3.05, 3.63) is 28.2 Å². The number of rotatable bonds is 6. The molecule has 0 heterocycles. The summed E-state index contributed by atoms with van der Waals surface area (Å²) < 4.78 is 6.35. The van der Waals surface area contributed by atoms with Gasteiger partial charge >= 0.3 is 0 Å². The number of hydrogen-bond donors (Lipinski definition) is 0. The Balaban J connectivity index is 2.52. The third kappa shape index (κ3) is 4.56. The molecule has 0 saturated heterocycles. The van der Waals surface area contributed by atoms with E-state index in [2.05, 4.69) is 28.9 Å². The van der Waals surface area contributed by atoms with Crippen LogP contribution in [0.2, 0.25) is 0 Å². The maximum absolute atomic E-state index is 5.77. The lowest BCUT2D eigenvalue weighted by molar-refractivity contribution is 0.414. The molecule has 1 aromatic rings. The van der Waals surface area contributed by atoms with E-state index in [1.165, 1.54) is 5.56 Å². The lowest BCUT2D eigenvalue weighted by Crippen LogP contribution is -1.99. The summed E-state index contributed by atoms with van der Waals surface area (Å²) in [5.41, 5.74) is 1.27. The molecule has 16 heavy (non-hydrogen) atoms. The molecule has 0 N–H and O–H groups in total. The fourth-order valence-electron chi connectivity index (χ4n) is 1.20. The van der Waals surface area contributed by atoms with E-state index < -0.39 is 0 Å². The van der Waals surface area contributed by atoms with E-state index in [1.807, 2.05) is 23.9 Å². The Morgan fingerprint density at radius 1 is 1.50 bits per heavy atom. The van der Waals surface area contributed by atoms with Gasteiger partial charge in [-0.2, -0.15) is 11.8 Å². The number of alkyl halides is 1. The molecule has 1 aromatic carbocycles. The molecule has 90 valence electrons. The number of hydrogen-bond acceptors (Lipinski definition) is 2. The summed E-state index contributed by atoms with van der Waals surface area (Å²) in [5, 5.41) is 0. The number of thioether (sulfide) groups is 1. The van der Waals surface area contributed by atoms with Gasteiger partial charge in [0.2, 0.25) is 0 Å². The maximum atomic E-state index is 5.77. The van der Waals surface area contributed by atoms with Gasteiger partial charge in [-0.1, -0.05) is 22.9 Å². The normalized spacial score (nSPS) is 12.5. The average molecular weight is 324 g/mol. The summed E-state index contributed by atoms with van der Waals surface area (Å²) >= 11 is 11.2. The van der Waals surface area contributed by atoms with Crippen molar-refractivity contribution in [3.63, 3.8) is 0 Å². The average Bonchev–Trinajstić information content (AvgIpc) is 2.31. The van der Waals surface area contributed by atoms with Crippen molar-refractivity contribution in [1.82, 2.24) is 0 Å². The Bertz CT molecular complexity index is 333. The summed E-state index contributed by atoms with van der Waals surface area (Å²) in [5.74, 6) is 4.28. The Morgan fingerprint density at radius 3 is 2.88 bits per heavy atom. The van der Waals surface area contributed by atoms with Crippen molar-refractivity contribution in [3.8, 4) is 5.75 Å². The van der Waals surface area contributed by atoms with Gasteiger partial charge in [-0.25, -0.2) is 0 Å². The van der Waals surface area contributed by atoms with Crippen molar-refractivity contribution < 1.29 is 4.74 Å². The van der Waals surface area contributed by atoms with Gasteiger partial charge in [-0.3, -0.25) is 0 Å². The molecule has 0 fully saturated rings. The van der Waals surface area contributed by atoms with Crippen LogP contribution in [-0.4, -0.2) is 18.7 Å².